The van der Waals surface area contributed by atoms with Crippen LogP contribution in [-0.4, -0.2) is 60.5 Å². The lowest BCUT2D eigenvalue weighted by atomic mass is 9.98. The molecule has 4 rings (SSSR count). The van der Waals surface area contributed by atoms with Crippen LogP contribution in [-0.2, 0) is 0 Å². The zero-order valence-corrected chi connectivity index (χ0v) is 20.6. The molecule has 188 valence electrons. The molecule has 0 aliphatic carbocycles. The van der Waals surface area contributed by atoms with Gasteiger partial charge in [-0.2, -0.15) is 0 Å². The molecular weight excluding hydrogens is 468 g/mol. The number of methoxy groups -OCH3 is 2. The van der Waals surface area contributed by atoms with Crippen molar-refractivity contribution in [1.82, 2.24) is 20.2 Å². The molecule has 0 spiro atoms. The summed E-state index contributed by atoms with van der Waals surface area (Å²) in [7, 11) is 2.55. The summed E-state index contributed by atoms with van der Waals surface area (Å²) in [5.74, 6) is -2.10. The zero-order chi connectivity index (χ0) is 25.8. The second kappa shape index (κ2) is 10.8. The van der Waals surface area contributed by atoms with Crippen LogP contribution in [0.25, 0.3) is 22.2 Å². The van der Waals surface area contributed by atoms with Crippen molar-refractivity contribution in [2.45, 2.75) is 20.3 Å². The number of ether oxygens (including phenoxy) is 2. The maximum absolute atomic E-state index is 15.2. The van der Waals surface area contributed by atoms with Gasteiger partial charge in [0.05, 0.1) is 36.6 Å². The van der Waals surface area contributed by atoms with Crippen molar-refractivity contribution in [2.75, 3.05) is 33.9 Å². The van der Waals surface area contributed by atoms with Crippen molar-refractivity contribution in [3.8, 4) is 22.6 Å². The Morgan fingerprint density at radius 2 is 1.67 bits per heavy atom. The number of halogens is 2. The molecule has 36 heavy (non-hydrogen) atoms. The molecule has 0 saturated heterocycles. The highest BCUT2D eigenvalue weighted by Gasteiger charge is 2.25. The van der Waals surface area contributed by atoms with E-state index < -0.39 is 17.5 Å². The van der Waals surface area contributed by atoms with E-state index in [0.717, 1.165) is 24.9 Å². The highest BCUT2D eigenvalue weighted by Crippen LogP contribution is 2.40. The van der Waals surface area contributed by atoms with Gasteiger partial charge in [-0.15, -0.1) is 0 Å². The summed E-state index contributed by atoms with van der Waals surface area (Å²) in [6.07, 6.45) is 5.30. The second-order valence-electron chi connectivity index (χ2n) is 8.07. The van der Waals surface area contributed by atoms with Crippen LogP contribution in [0, 0.1) is 11.6 Å². The number of amidine groups is 1. The lowest BCUT2D eigenvalue weighted by Crippen LogP contribution is -2.30. The summed E-state index contributed by atoms with van der Waals surface area (Å²) in [6.45, 7) is 6.68. The molecule has 0 unspecified atom stereocenters. The topological polar surface area (TPSA) is 88.9 Å². The lowest BCUT2D eigenvalue weighted by Gasteiger charge is -2.17. The molecular formula is C26H27F2N5O3. The Labute approximate surface area is 207 Å². The fraction of sp³-hybridized carbons (Fsp3) is 0.308. The number of nitrogens with one attached hydrogen (secondary N) is 1. The summed E-state index contributed by atoms with van der Waals surface area (Å²) in [5.41, 5.74) is 1.19. The van der Waals surface area contributed by atoms with Gasteiger partial charge in [-0.05, 0) is 19.2 Å². The molecule has 1 aliphatic rings. The van der Waals surface area contributed by atoms with Gasteiger partial charge in [-0.1, -0.05) is 26.0 Å². The molecule has 0 fully saturated rings. The third-order valence-corrected chi connectivity index (χ3v) is 6.06. The Morgan fingerprint density at radius 1 is 1.03 bits per heavy atom. The normalized spacial score (nSPS) is 13.1. The first kappa shape index (κ1) is 25.2. The fourth-order valence-corrected chi connectivity index (χ4v) is 4.10. The van der Waals surface area contributed by atoms with Gasteiger partial charge in [-0.25, -0.2) is 13.8 Å². The lowest BCUT2D eigenvalue weighted by molar-refractivity contribution is 0.0978. The summed E-state index contributed by atoms with van der Waals surface area (Å²) >= 11 is 0. The van der Waals surface area contributed by atoms with Crippen LogP contribution in [0.5, 0.6) is 11.5 Å². The SMILES string of the molecule is CCN(CC)CC1=CCC(NC(=O)c2ccc(-c3c(F)c(OC)cc(OC)c3F)c3nccnc23)=N1. The van der Waals surface area contributed by atoms with Crippen molar-refractivity contribution >= 4 is 22.8 Å². The molecule has 0 saturated carbocycles. The maximum atomic E-state index is 15.2. The third kappa shape index (κ3) is 4.76. The number of hydrogen-bond acceptors (Lipinski definition) is 7. The van der Waals surface area contributed by atoms with Gasteiger partial charge < -0.3 is 14.8 Å². The summed E-state index contributed by atoms with van der Waals surface area (Å²) in [6, 6.07) is 4.04. The van der Waals surface area contributed by atoms with Crippen molar-refractivity contribution in [3.05, 3.63) is 59.6 Å². The molecule has 0 radical (unpaired) electrons. The number of fused-ring (bicyclic) bond motifs is 1. The average molecular weight is 496 g/mol. The number of aromatic nitrogens is 2. The minimum absolute atomic E-state index is 0.114. The van der Waals surface area contributed by atoms with Gasteiger partial charge in [0, 0.05) is 37.0 Å². The van der Waals surface area contributed by atoms with Crippen LogP contribution >= 0.6 is 0 Å². The molecule has 3 aromatic rings. The van der Waals surface area contributed by atoms with Crippen LogP contribution in [0.15, 0.2) is 47.4 Å². The summed E-state index contributed by atoms with van der Waals surface area (Å²) < 4.78 is 40.5. The Kier molecular flexibility index (Phi) is 7.54. The van der Waals surface area contributed by atoms with Gasteiger partial charge in [0.2, 0.25) is 0 Å². The van der Waals surface area contributed by atoms with E-state index in [4.69, 9.17) is 9.47 Å². The molecule has 8 nitrogen and oxygen atoms in total. The molecule has 10 heteroatoms. The van der Waals surface area contributed by atoms with Crippen LogP contribution in [0.3, 0.4) is 0 Å². The number of carbonyl (C=O) groups excluding carboxylic acids is 1. The van der Waals surface area contributed by atoms with Gasteiger partial charge >= 0.3 is 0 Å². The van der Waals surface area contributed by atoms with E-state index in [1.807, 2.05) is 6.08 Å². The average Bonchev–Trinajstić information content (AvgIpc) is 3.34. The van der Waals surface area contributed by atoms with Crippen LogP contribution in [0.4, 0.5) is 8.78 Å². The number of hydrogen-bond donors (Lipinski definition) is 1. The number of likely N-dealkylation sites (N-methyl/N-ethyl adjacent to an activating group) is 1. The molecule has 0 bridgehead atoms. The molecule has 1 aliphatic heterocycles. The first-order valence-corrected chi connectivity index (χ1v) is 11.6. The standard InChI is InChI=1S/C26H27F2N5O3/c1-5-33(6-2)14-15-7-10-20(31-15)32-26(34)17-9-8-16(24-25(17)30-12-11-29-24)21-22(27)18(35-3)13-19(36-4)23(21)28/h7-9,11-13H,5-6,10,14H2,1-4H3,(H,31,32,34). The first-order chi connectivity index (χ1) is 17.4. The number of benzene rings is 2. The van der Waals surface area contributed by atoms with E-state index in [1.165, 1.54) is 38.7 Å². The number of nitrogens with zero attached hydrogens (tertiary/aromatic N) is 4. The number of rotatable bonds is 8. The van der Waals surface area contributed by atoms with Crippen molar-refractivity contribution in [1.29, 1.82) is 0 Å². The smallest absolute Gasteiger partial charge is 0.258 e. The van der Waals surface area contributed by atoms with E-state index in [2.05, 4.69) is 39.0 Å². The predicted molar refractivity (Wildman–Crippen MR) is 133 cm³/mol. The Bertz CT molecular complexity index is 1340. The first-order valence-electron chi connectivity index (χ1n) is 11.6. The van der Waals surface area contributed by atoms with Crippen LogP contribution in [0.1, 0.15) is 30.6 Å². The van der Waals surface area contributed by atoms with Gasteiger partial charge in [-0.3, -0.25) is 19.7 Å². The second-order valence-corrected chi connectivity index (χ2v) is 8.07. The van der Waals surface area contributed by atoms with Crippen molar-refractivity contribution in [3.63, 3.8) is 0 Å². The fourth-order valence-electron chi connectivity index (χ4n) is 4.10. The molecule has 1 amide bonds. The number of amides is 1. The highest BCUT2D eigenvalue weighted by atomic mass is 19.1. The number of aliphatic imine (C=N–C) groups is 1. The summed E-state index contributed by atoms with van der Waals surface area (Å²) in [5, 5.41) is 2.83. The Balaban J connectivity index is 1.70. The third-order valence-electron chi connectivity index (χ3n) is 6.06. The van der Waals surface area contributed by atoms with E-state index in [-0.39, 0.29) is 39.2 Å². The molecule has 1 N–H and O–H groups in total. The number of carbonyl (C=O) groups is 1. The molecule has 2 heterocycles. The largest absolute Gasteiger partial charge is 0.494 e. The summed E-state index contributed by atoms with van der Waals surface area (Å²) in [4.78, 5) is 28.5. The minimum Gasteiger partial charge on any atom is -0.494 e. The Hall–Kier alpha value is -3.92. The monoisotopic (exact) mass is 495 g/mol. The van der Waals surface area contributed by atoms with Gasteiger partial charge in [0.1, 0.15) is 11.4 Å². The van der Waals surface area contributed by atoms with Crippen LogP contribution < -0.4 is 14.8 Å². The Morgan fingerprint density at radius 3 is 2.28 bits per heavy atom. The van der Waals surface area contributed by atoms with E-state index >= 15 is 8.78 Å². The van der Waals surface area contributed by atoms with Crippen LogP contribution in [0.2, 0.25) is 0 Å². The predicted octanol–water partition coefficient (Wildman–Crippen LogP) is 4.35. The van der Waals surface area contributed by atoms with E-state index in [9.17, 15) is 4.79 Å². The zero-order valence-electron chi connectivity index (χ0n) is 20.6. The quantitative estimate of drug-likeness (QED) is 0.500. The van der Waals surface area contributed by atoms with Gasteiger partial charge in [0.15, 0.2) is 23.1 Å². The molecule has 0 atom stereocenters. The molecule has 2 aromatic carbocycles. The van der Waals surface area contributed by atoms with E-state index in [1.54, 1.807) is 0 Å². The van der Waals surface area contributed by atoms with E-state index in [0.29, 0.717) is 18.8 Å². The minimum atomic E-state index is -0.910. The van der Waals surface area contributed by atoms with Crippen molar-refractivity contribution in [2.24, 2.45) is 4.99 Å². The van der Waals surface area contributed by atoms with Crippen molar-refractivity contribution < 1.29 is 23.0 Å². The highest BCUT2D eigenvalue weighted by molar-refractivity contribution is 6.14. The van der Waals surface area contributed by atoms with Gasteiger partial charge in [0.25, 0.3) is 5.91 Å². The maximum Gasteiger partial charge on any atom is 0.258 e. The molecule has 1 aromatic heterocycles.